The Morgan fingerprint density at radius 2 is 1.45 bits per heavy atom. The van der Waals surface area contributed by atoms with Gasteiger partial charge in [0.15, 0.2) is 5.82 Å². The van der Waals surface area contributed by atoms with Crippen molar-refractivity contribution in [1.29, 1.82) is 0 Å². The Bertz CT molecular complexity index is 1570. The van der Waals surface area contributed by atoms with Crippen LogP contribution in [0, 0.1) is 5.92 Å². The van der Waals surface area contributed by atoms with Gasteiger partial charge in [0.25, 0.3) is 5.91 Å². The molecule has 0 saturated heterocycles. The molecular weight excluding hydrogens is 571 g/mol. The zero-order valence-electron chi connectivity index (χ0n) is 24.1. The average Bonchev–Trinajstić information content (AvgIpc) is 3.01. The second kappa shape index (κ2) is 13.3. The minimum Gasteiger partial charge on any atom is -0.480 e. The Balaban J connectivity index is 1.19. The van der Waals surface area contributed by atoms with E-state index >= 15 is 0 Å². The maximum atomic E-state index is 12.6. The summed E-state index contributed by atoms with van der Waals surface area (Å²) < 4.78 is 40.9. The summed E-state index contributed by atoms with van der Waals surface area (Å²) in [6.45, 7) is 2.32. The van der Waals surface area contributed by atoms with Crippen molar-refractivity contribution >= 4 is 11.9 Å². The molecule has 1 aliphatic carbocycles. The largest absolute Gasteiger partial charge is 0.573 e. The number of aromatic nitrogens is 2. The molecule has 5 rings (SSSR count). The molecule has 0 radical (unpaired) electrons. The predicted octanol–water partition coefficient (Wildman–Crippen LogP) is 7.43. The summed E-state index contributed by atoms with van der Waals surface area (Å²) in [6.07, 6.45) is 3.74. The first-order chi connectivity index (χ1) is 21.0. The van der Waals surface area contributed by atoms with Crippen LogP contribution >= 0.6 is 0 Å². The molecule has 1 fully saturated rings. The number of alkyl halides is 3. The molecule has 0 spiro atoms. The fourth-order valence-electron chi connectivity index (χ4n) is 5.44. The van der Waals surface area contributed by atoms with Crippen molar-refractivity contribution in [2.75, 3.05) is 0 Å². The number of ether oxygens (including phenoxy) is 1. The average molecular weight is 604 g/mol. The summed E-state index contributed by atoms with van der Waals surface area (Å²) in [5, 5.41) is 12.1. The predicted molar refractivity (Wildman–Crippen MR) is 159 cm³/mol. The summed E-state index contributed by atoms with van der Waals surface area (Å²) in [5.41, 5.74) is 4.75. The minimum absolute atomic E-state index is 0.00320. The molecule has 4 aromatic rings. The molecule has 10 heteroatoms. The maximum absolute atomic E-state index is 12.6. The van der Waals surface area contributed by atoms with E-state index in [1.807, 2.05) is 0 Å². The van der Waals surface area contributed by atoms with Gasteiger partial charge < -0.3 is 15.2 Å². The molecule has 1 aromatic heterocycles. The third-order valence-electron chi connectivity index (χ3n) is 7.99. The summed E-state index contributed by atoms with van der Waals surface area (Å²) in [4.78, 5) is 33.5. The molecule has 1 atom stereocenters. The summed E-state index contributed by atoms with van der Waals surface area (Å²) in [5.74, 6) is -0.500. The van der Waals surface area contributed by atoms with Crippen molar-refractivity contribution in [2.24, 2.45) is 5.92 Å². The maximum Gasteiger partial charge on any atom is 0.573 e. The molecule has 0 unspecified atom stereocenters. The second-order valence-electron chi connectivity index (χ2n) is 11.2. The summed E-state index contributed by atoms with van der Waals surface area (Å²) in [6, 6.07) is 18.7. The molecular formula is C34H32F3N3O4. The van der Waals surface area contributed by atoms with Crippen molar-refractivity contribution in [2.45, 2.75) is 57.3 Å². The van der Waals surface area contributed by atoms with Crippen LogP contribution in [0.25, 0.3) is 22.5 Å². The number of hydrogen-bond donors (Lipinski definition) is 2. The highest BCUT2D eigenvalue weighted by Gasteiger charge is 2.31. The Kier molecular flexibility index (Phi) is 9.27. The normalized spacial score (nSPS) is 17.5. The molecule has 44 heavy (non-hydrogen) atoms. The molecule has 3 aromatic carbocycles. The number of carboxylic acids is 1. The molecule has 7 nitrogen and oxygen atoms in total. The van der Waals surface area contributed by atoms with Gasteiger partial charge in [-0.05, 0) is 65.6 Å². The van der Waals surface area contributed by atoms with E-state index in [9.17, 15) is 27.9 Å². The highest BCUT2D eigenvalue weighted by atomic mass is 19.4. The van der Waals surface area contributed by atoms with Crippen LogP contribution in [0.1, 0.15) is 60.0 Å². The first kappa shape index (κ1) is 30.7. The van der Waals surface area contributed by atoms with Gasteiger partial charge in [-0.1, -0.05) is 68.3 Å². The number of carbonyl (C=O) groups is 2. The molecule has 2 N–H and O–H groups in total. The molecule has 1 aliphatic rings. The van der Waals surface area contributed by atoms with E-state index in [0.29, 0.717) is 17.3 Å². The number of benzene rings is 3. The summed E-state index contributed by atoms with van der Waals surface area (Å²) in [7, 11) is 0. The zero-order valence-corrected chi connectivity index (χ0v) is 24.1. The Morgan fingerprint density at radius 3 is 2.02 bits per heavy atom. The van der Waals surface area contributed by atoms with Crippen LogP contribution in [0.4, 0.5) is 13.2 Å². The molecule has 0 bridgehead atoms. The van der Waals surface area contributed by atoms with Crippen LogP contribution in [0.15, 0.2) is 85.2 Å². The molecule has 1 amide bonds. The lowest BCUT2D eigenvalue weighted by molar-refractivity contribution is -0.274. The molecule has 228 valence electrons. The number of amides is 1. The number of rotatable bonds is 9. The van der Waals surface area contributed by atoms with Crippen molar-refractivity contribution in [1.82, 2.24) is 15.3 Å². The lowest BCUT2D eigenvalue weighted by Gasteiger charge is -2.26. The number of aliphatic carboxylic acids is 1. The Hall–Kier alpha value is -4.73. The van der Waals surface area contributed by atoms with Crippen LogP contribution in [-0.4, -0.2) is 39.4 Å². The van der Waals surface area contributed by atoms with E-state index in [0.717, 1.165) is 46.9 Å². The highest BCUT2D eigenvalue weighted by molar-refractivity contribution is 5.96. The van der Waals surface area contributed by atoms with Gasteiger partial charge in [0.05, 0.1) is 0 Å². The van der Waals surface area contributed by atoms with Gasteiger partial charge >= 0.3 is 12.3 Å². The summed E-state index contributed by atoms with van der Waals surface area (Å²) >= 11 is 0. The fraction of sp³-hybridized carbons (Fsp3) is 0.294. The van der Waals surface area contributed by atoms with Crippen molar-refractivity contribution in [3.8, 4) is 28.3 Å². The Morgan fingerprint density at radius 1 is 0.864 bits per heavy atom. The number of hydrogen-bond acceptors (Lipinski definition) is 5. The van der Waals surface area contributed by atoms with E-state index in [2.05, 4.69) is 51.2 Å². The number of nitrogens with one attached hydrogen (secondary N) is 1. The van der Waals surface area contributed by atoms with Crippen LogP contribution in [-0.2, 0) is 11.2 Å². The van der Waals surface area contributed by atoms with Gasteiger partial charge in [0, 0.05) is 35.5 Å². The van der Waals surface area contributed by atoms with Gasteiger partial charge in [-0.15, -0.1) is 13.2 Å². The lowest BCUT2D eigenvalue weighted by atomic mass is 9.79. The SMILES string of the molecule is C[C@H]1CC[C@H](c2ccc(-c3cnc(-c4ccc(C[C@H](NC(=O)c5ccc(OC(F)(F)F)cc5)C(=O)O)cc4)nc3)cc2)CC1. The quantitative estimate of drug-likeness (QED) is 0.206. The van der Waals surface area contributed by atoms with Gasteiger partial charge in [-0.2, -0.15) is 0 Å². The van der Waals surface area contributed by atoms with Crippen molar-refractivity contribution in [3.63, 3.8) is 0 Å². The van der Waals surface area contributed by atoms with Gasteiger partial charge in [-0.3, -0.25) is 4.79 Å². The smallest absolute Gasteiger partial charge is 0.480 e. The standard InChI is InChI=1S/C34H32F3N3O4/c1-21-2-6-23(7-3-21)24-10-12-25(13-11-24)28-19-38-31(39-20-28)26-8-4-22(5-9-26)18-30(33(42)43)40-32(41)27-14-16-29(17-15-27)44-34(35,36)37/h4-5,8-17,19-21,23,30H,2-3,6-7,18H2,1H3,(H,40,41)(H,42,43)/t21-,23-,30-/m0/s1. The van der Waals surface area contributed by atoms with E-state index in [4.69, 9.17) is 0 Å². The zero-order chi connectivity index (χ0) is 31.3. The fourth-order valence-corrected chi connectivity index (χ4v) is 5.44. The first-order valence-electron chi connectivity index (χ1n) is 14.5. The number of halogens is 3. The molecule has 0 aliphatic heterocycles. The van der Waals surface area contributed by atoms with Gasteiger partial charge in [-0.25, -0.2) is 14.8 Å². The monoisotopic (exact) mass is 603 g/mol. The van der Waals surface area contributed by atoms with Crippen LogP contribution in [0.2, 0.25) is 0 Å². The van der Waals surface area contributed by atoms with E-state index in [-0.39, 0.29) is 12.0 Å². The van der Waals surface area contributed by atoms with Crippen LogP contribution in [0.3, 0.4) is 0 Å². The van der Waals surface area contributed by atoms with E-state index < -0.39 is 30.0 Å². The minimum atomic E-state index is -4.86. The van der Waals surface area contributed by atoms with Crippen molar-refractivity contribution < 1.29 is 32.6 Å². The number of nitrogens with zero attached hydrogens (tertiary/aromatic N) is 2. The molecule has 1 saturated carbocycles. The Labute approximate surface area is 253 Å². The second-order valence-corrected chi connectivity index (χ2v) is 11.2. The first-order valence-corrected chi connectivity index (χ1v) is 14.5. The number of carbonyl (C=O) groups excluding carboxylic acids is 1. The van der Waals surface area contributed by atoms with E-state index in [1.54, 1.807) is 36.7 Å². The topological polar surface area (TPSA) is 101 Å². The van der Waals surface area contributed by atoms with Gasteiger partial charge in [0.2, 0.25) is 0 Å². The van der Waals surface area contributed by atoms with E-state index in [1.165, 1.54) is 31.2 Å². The van der Waals surface area contributed by atoms with Crippen LogP contribution in [0.5, 0.6) is 5.75 Å². The highest BCUT2D eigenvalue weighted by Crippen LogP contribution is 2.36. The third-order valence-corrected chi connectivity index (χ3v) is 7.99. The van der Waals surface area contributed by atoms with Gasteiger partial charge in [0.1, 0.15) is 11.8 Å². The third kappa shape index (κ3) is 8.00. The lowest BCUT2D eigenvalue weighted by Crippen LogP contribution is -2.42. The van der Waals surface area contributed by atoms with Crippen molar-refractivity contribution in [3.05, 3.63) is 102 Å². The number of carboxylic acid groups (broad SMARTS) is 1. The van der Waals surface area contributed by atoms with Crippen LogP contribution < -0.4 is 10.1 Å². The molecule has 1 heterocycles.